The molecule has 0 bridgehead atoms. The lowest BCUT2D eigenvalue weighted by Gasteiger charge is -2.22. The lowest BCUT2D eigenvalue weighted by Crippen LogP contribution is -2.38. The Hall–Kier alpha value is 0.1000. The third-order valence-electron chi connectivity index (χ3n) is 3.02. The minimum atomic E-state index is 0.424. The molecule has 2 nitrogen and oxygen atoms in total. The van der Waals surface area contributed by atoms with E-state index in [9.17, 15) is 0 Å². The van der Waals surface area contributed by atoms with E-state index < -0.39 is 0 Å². The maximum atomic E-state index is 5.73. The van der Waals surface area contributed by atoms with Crippen LogP contribution in [0.1, 0.15) is 31.1 Å². The molecule has 1 aliphatic rings. The molecule has 2 rings (SSSR count). The topological polar surface area (TPSA) is 21.3 Å². The second-order valence-corrected chi connectivity index (χ2v) is 6.70. The van der Waals surface area contributed by atoms with E-state index in [0.29, 0.717) is 12.1 Å². The normalized spacial score (nSPS) is 22.5. The Morgan fingerprint density at radius 3 is 3.06 bits per heavy atom. The number of halogens is 1. The van der Waals surface area contributed by atoms with E-state index in [-0.39, 0.29) is 0 Å². The number of ether oxygens (including phenoxy) is 1. The van der Waals surface area contributed by atoms with Gasteiger partial charge in [0.05, 0.1) is 9.89 Å². The van der Waals surface area contributed by atoms with E-state index in [0.717, 1.165) is 19.6 Å². The fourth-order valence-corrected chi connectivity index (χ4v) is 3.57. The summed E-state index contributed by atoms with van der Waals surface area (Å²) in [6.45, 7) is 4.12. The fourth-order valence-electron chi connectivity index (χ4n) is 2.14. The highest BCUT2D eigenvalue weighted by atomic mass is 79.9. The Kier molecular flexibility index (Phi) is 4.82. The quantitative estimate of drug-likeness (QED) is 0.898. The molecule has 4 heteroatoms. The minimum absolute atomic E-state index is 0.424. The first-order valence-electron chi connectivity index (χ1n) is 5.89. The van der Waals surface area contributed by atoms with Crippen LogP contribution in [0.25, 0.3) is 0 Å². The number of thiophene rings is 1. The van der Waals surface area contributed by atoms with Crippen LogP contribution in [0.15, 0.2) is 15.9 Å². The zero-order valence-corrected chi connectivity index (χ0v) is 11.9. The monoisotopic (exact) mass is 303 g/mol. The van der Waals surface area contributed by atoms with Gasteiger partial charge in [-0.1, -0.05) is 6.92 Å². The zero-order valence-electron chi connectivity index (χ0n) is 9.54. The minimum Gasteiger partial charge on any atom is -0.377 e. The average molecular weight is 304 g/mol. The molecule has 1 aromatic heterocycles. The van der Waals surface area contributed by atoms with Crippen molar-refractivity contribution in [2.45, 2.75) is 44.9 Å². The molecule has 1 fully saturated rings. The summed E-state index contributed by atoms with van der Waals surface area (Å²) in [7, 11) is 0. The van der Waals surface area contributed by atoms with E-state index in [1.807, 2.05) is 0 Å². The molecule has 0 saturated carbocycles. The van der Waals surface area contributed by atoms with Crippen molar-refractivity contribution in [1.29, 1.82) is 0 Å². The van der Waals surface area contributed by atoms with E-state index in [1.54, 1.807) is 11.3 Å². The summed E-state index contributed by atoms with van der Waals surface area (Å²) in [5.74, 6) is 0. The van der Waals surface area contributed by atoms with Crippen molar-refractivity contribution < 1.29 is 4.74 Å². The lowest BCUT2D eigenvalue weighted by molar-refractivity contribution is 0.0765. The first-order valence-corrected chi connectivity index (χ1v) is 7.49. The van der Waals surface area contributed by atoms with Crippen LogP contribution in [0.4, 0.5) is 0 Å². The molecule has 2 unspecified atom stereocenters. The Balaban J connectivity index is 1.82. The first-order chi connectivity index (χ1) is 7.79. The molecule has 1 aliphatic heterocycles. The molecule has 0 amide bonds. The molecule has 2 heterocycles. The molecule has 0 radical (unpaired) electrons. The summed E-state index contributed by atoms with van der Waals surface area (Å²) in [6.07, 6.45) is 3.98. The lowest BCUT2D eigenvalue weighted by atomic mass is 10.1. The van der Waals surface area contributed by atoms with Crippen molar-refractivity contribution in [1.82, 2.24) is 5.32 Å². The second-order valence-electron chi connectivity index (χ2n) is 4.15. The van der Waals surface area contributed by atoms with Crippen molar-refractivity contribution >= 4 is 27.3 Å². The molecule has 1 saturated heterocycles. The van der Waals surface area contributed by atoms with Gasteiger partial charge in [-0.05, 0) is 47.3 Å². The van der Waals surface area contributed by atoms with Gasteiger partial charge in [-0.25, -0.2) is 0 Å². The van der Waals surface area contributed by atoms with Gasteiger partial charge in [-0.3, -0.25) is 0 Å². The number of rotatable bonds is 5. The molecule has 2 atom stereocenters. The standard InChI is InChI=1S/C12H18BrNOS/c1-2-10(11-4-3-7-15-11)14-8-9-5-6-12(13)16-9/h5-6,10-11,14H,2-4,7-8H2,1H3. The fraction of sp³-hybridized carbons (Fsp3) is 0.667. The molecule has 90 valence electrons. The number of hydrogen-bond acceptors (Lipinski definition) is 3. The van der Waals surface area contributed by atoms with Crippen LogP contribution in [0.2, 0.25) is 0 Å². The van der Waals surface area contributed by atoms with E-state index in [2.05, 4.69) is 40.3 Å². The maximum absolute atomic E-state index is 5.73. The highest BCUT2D eigenvalue weighted by molar-refractivity contribution is 9.11. The first kappa shape index (κ1) is 12.6. The Morgan fingerprint density at radius 2 is 2.50 bits per heavy atom. The molecule has 0 aromatic carbocycles. The molecule has 1 aromatic rings. The molecular weight excluding hydrogens is 286 g/mol. The summed E-state index contributed by atoms with van der Waals surface area (Å²) in [5.41, 5.74) is 0. The Bertz CT molecular complexity index is 323. The average Bonchev–Trinajstić information content (AvgIpc) is 2.91. The molecule has 1 N–H and O–H groups in total. The third kappa shape index (κ3) is 3.29. The zero-order chi connectivity index (χ0) is 11.4. The van der Waals surface area contributed by atoms with E-state index in [4.69, 9.17) is 4.74 Å². The van der Waals surface area contributed by atoms with Crippen molar-refractivity contribution in [2.75, 3.05) is 6.61 Å². The number of hydrogen-bond donors (Lipinski definition) is 1. The summed E-state index contributed by atoms with van der Waals surface area (Å²) < 4.78 is 6.93. The predicted molar refractivity (Wildman–Crippen MR) is 71.9 cm³/mol. The largest absolute Gasteiger partial charge is 0.377 e. The van der Waals surface area contributed by atoms with Crippen LogP contribution in [-0.2, 0) is 11.3 Å². The molecule has 0 spiro atoms. The summed E-state index contributed by atoms with van der Waals surface area (Å²) in [6, 6.07) is 4.78. The van der Waals surface area contributed by atoms with Crippen molar-refractivity contribution in [3.63, 3.8) is 0 Å². The van der Waals surface area contributed by atoms with Gasteiger partial charge in [0.1, 0.15) is 0 Å². The summed E-state index contributed by atoms with van der Waals surface area (Å²) in [5, 5.41) is 3.61. The van der Waals surface area contributed by atoms with Crippen LogP contribution in [-0.4, -0.2) is 18.8 Å². The number of nitrogens with one attached hydrogen (secondary N) is 1. The Labute approximate surface area is 110 Å². The van der Waals surface area contributed by atoms with Gasteiger partial charge in [0.25, 0.3) is 0 Å². The highest BCUT2D eigenvalue weighted by Gasteiger charge is 2.23. The van der Waals surface area contributed by atoms with Gasteiger partial charge in [0, 0.05) is 24.1 Å². The van der Waals surface area contributed by atoms with E-state index in [1.165, 1.54) is 21.5 Å². The third-order valence-corrected chi connectivity index (χ3v) is 4.64. The Morgan fingerprint density at radius 1 is 1.62 bits per heavy atom. The van der Waals surface area contributed by atoms with Crippen LogP contribution in [0.3, 0.4) is 0 Å². The van der Waals surface area contributed by atoms with Crippen LogP contribution in [0.5, 0.6) is 0 Å². The summed E-state index contributed by atoms with van der Waals surface area (Å²) in [4.78, 5) is 1.38. The summed E-state index contributed by atoms with van der Waals surface area (Å²) >= 11 is 5.28. The molecule has 0 aliphatic carbocycles. The van der Waals surface area contributed by atoms with Gasteiger partial charge in [0.2, 0.25) is 0 Å². The van der Waals surface area contributed by atoms with Crippen molar-refractivity contribution in [3.8, 4) is 0 Å². The highest BCUT2D eigenvalue weighted by Crippen LogP contribution is 2.23. The smallest absolute Gasteiger partial charge is 0.0728 e. The molecule has 16 heavy (non-hydrogen) atoms. The van der Waals surface area contributed by atoms with Crippen LogP contribution in [0, 0.1) is 0 Å². The van der Waals surface area contributed by atoms with Gasteiger partial charge in [0.15, 0.2) is 0 Å². The van der Waals surface area contributed by atoms with Crippen LogP contribution >= 0.6 is 27.3 Å². The SMILES string of the molecule is CCC(NCc1ccc(Br)s1)C1CCCO1. The van der Waals surface area contributed by atoms with Crippen LogP contribution < -0.4 is 5.32 Å². The van der Waals surface area contributed by atoms with E-state index >= 15 is 0 Å². The predicted octanol–water partition coefficient (Wildman–Crippen LogP) is 3.56. The van der Waals surface area contributed by atoms with Gasteiger partial charge >= 0.3 is 0 Å². The van der Waals surface area contributed by atoms with Crippen molar-refractivity contribution in [2.24, 2.45) is 0 Å². The van der Waals surface area contributed by atoms with Gasteiger partial charge in [-0.15, -0.1) is 11.3 Å². The van der Waals surface area contributed by atoms with Gasteiger partial charge < -0.3 is 10.1 Å². The molecular formula is C12H18BrNOS. The second kappa shape index (κ2) is 6.15. The van der Waals surface area contributed by atoms with Crippen molar-refractivity contribution in [3.05, 3.63) is 20.8 Å². The van der Waals surface area contributed by atoms with Gasteiger partial charge in [-0.2, -0.15) is 0 Å². The maximum Gasteiger partial charge on any atom is 0.0728 e.